The molecule has 0 N–H and O–H groups in total. The molecule has 0 saturated heterocycles. The fraction of sp³-hybridized carbons (Fsp3) is 0.0769. The van der Waals surface area contributed by atoms with Gasteiger partial charge in [-0.2, -0.15) is 35.4 Å². The molecular formula is C26H19BN2Y-. The first kappa shape index (κ1) is 22.3. The Morgan fingerprint density at radius 1 is 0.833 bits per heavy atom. The molecule has 1 heterocycles. The minimum atomic E-state index is 0. The van der Waals surface area contributed by atoms with E-state index >= 15 is 0 Å². The molecule has 0 unspecified atom stereocenters. The van der Waals surface area contributed by atoms with Gasteiger partial charge in [0, 0.05) is 41.1 Å². The van der Waals surface area contributed by atoms with Crippen LogP contribution in [0.4, 0.5) is 0 Å². The quantitative estimate of drug-likeness (QED) is 0.156. The average molecular weight is 459 g/mol. The van der Waals surface area contributed by atoms with Crippen LogP contribution in [0.2, 0.25) is 0 Å². The van der Waals surface area contributed by atoms with E-state index in [9.17, 15) is 0 Å². The Bertz CT molecular complexity index is 1350. The maximum absolute atomic E-state index is 4.29. The van der Waals surface area contributed by atoms with Gasteiger partial charge in [0.05, 0.1) is 12.4 Å². The van der Waals surface area contributed by atoms with E-state index in [2.05, 4.69) is 89.3 Å². The third-order valence-corrected chi connectivity index (χ3v) is 5.31. The predicted molar refractivity (Wildman–Crippen MR) is 119 cm³/mol. The summed E-state index contributed by atoms with van der Waals surface area (Å²) in [6.07, 6.45) is 5.64. The Hall–Kier alpha value is -2.35. The summed E-state index contributed by atoms with van der Waals surface area (Å²) >= 11 is 0. The van der Waals surface area contributed by atoms with Crippen molar-refractivity contribution in [1.29, 1.82) is 0 Å². The van der Waals surface area contributed by atoms with E-state index in [1.54, 1.807) is 6.20 Å². The second-order valence-electron chi connectivity index (χ2n) is 7.12. The van der Waals surface area contributed by atoms with Crippen molar-refractivity contribution in [3.8, 4) is 22.4 Å². The van der Waals surface area contributed by atoms with Crippen LogP contribution in [0.3, 0.4) is 0 Å². The Morgan fingerprint density at radius 2 is 1.60 bits per heavy atom. The smallest absolute Gasteiger partial charge is 0.180 e. The van der Waals surface area contributed by atoms with Crippen LogP contribution in [-0.4, -0.2) is 13.4 Å². The van der Waals surface area contributed by atoms with E-state index in [0.29, 0.717) is 0 Å². The average Bonchev–Trinajstić information content (AvgIpc) is 2.74. The van der Waals surface area contributed by atoms with Gasteiger partial charge < -0.3 is 0 Å². The van der Waals surface area contributed by atoms with Crippen LogP contribution in [0.15, 0.2) is 79.3 Å². The van der Waals surface area contributed by atoms with E-state index in [1.807, 2.05) is 19.4 Å². The normalized spacial score (nSPS) is 10.5. The minimum absolute atomic E-state index is 0. The first-order valence-electron chi connectivity index (χ1n) is 9.38. The molecule has 0 aliphatic rings. The molecule has 0 amide bonds. The molecule has 4 heteroatoms. The second-order valence-corrected chi connectivity index (χ2v) is 7.12. The molecule has 0 fully saturated rings. The molecule has 5 rings (SSSR count). The number of benzene rings is 4. The zero-order valence-electron chi connectivity index (χ0n) is 17.1. The largest absolute Gasteiger partial charge is 0.260 e. The van der Waals surface area contributed by atoms with Crippen LogP contribution in [-0.2, 0) is 39.8 Å². The standard InChI is InChI=1S/C26H19N2.B.Y/c1-18-7-8-21(16-25(18)26-17-27-13-14-28(26)2)20-11-12-24-22(15-20)10-9-19-5-3-4-6-23(19)24;;/h3-14,17H,1-2H3;;/q-1;;. The van der Waals surface area contributed by atoms with Gasteiger partial charge in [-0.15, -0.1) is 29.1 Å². The van der Waals surface area contributed by atoms with Gasteiger partial charge >= 0.3 is 0 Å². The van der Waals surface area contributed by atoms with Crippen LogP contribution in [0.1, 0.15) is 5.56 Å². The number of rotatable bonds is 2. The number of hydrogen-bond donors (Lipinski definition) is 0. The fourth-order valence-corrected chi connectivity index (χ4v) is 3.75. The van der Waals surface area contributed by atoms with Gasteiger partial charge in [0.2, 0.25) is 0 Å². The van der Waals surface area contributed by atoms with Gasteiger partial charge in [0.25, 0.3) is 0 Å². The maximum Gasteiger partial charge on any atom is 0.180 e. The van der Waals surface area contributed by atoms with Crippen molar-refractivity contribution in [2.45, 2.75) is 6.92 Å². The first-order valence-corrected chi connectivity index (χ1v) is 9.38. The summed E-state index contributed by atoms with van der Waals surface area (Å²) in [7, 11) is 2.03. The van der Waals surface area contributed by atoms with Crippen molar-refractivity contribution < 1.29 is 37.3 Å². The van der Waals surface area contributed by atoms with Gasteiger partial charge in [0.15, 0.2) is 11.9 Å². The molecular weight excluding hydrogens is 440 g/mol. The van der Waals surface area contributed by atoms with E-state index < -0.39 is 0 Å². The number of aromatic nitrogens is 2. The second kappa shape index (κ2) is 9.20. The van der Waals surface area contributed by atoms with Gasteiger partial charge in [-0.05, 0) is 10.8 Å². The monoisotopic (exact) mass is 459 g/mol. The van der Waals surface area contributed by atoms with Crippen LogP contribution in [0.25, 0.3) is 43.9 Å². The van der Waals surface area contributed by atoms with Gasteiger partial charge in [0.1, 0.15) is 7.05 Å². The molecule has 140 valence electrons. The molecule has 4 radical (unpaired) electrons. The Morgan fingerprint density at radius 3 is 2.43 bits per heavy atom. The number of aryl methyl sites for hydroxylation is 2. The molecule has 0 aliphatic carbocycles. The zero-order chi connectivity index (χ0) is 19.1. The molecule has 2 nitrogen and oxygen atoms in total. The van der Waals surface area contributed by atoms with Crippen molar-refractivity contribution in [3.63, 3.8) is 0 Å². The summed E-state index contributed by atoms with van der Waals surface area (Å²) in [4.78, 5) is 4.29. The predicted octanol–water partition coefficient (Wildman–Crippen LogP) is 5.07. The summed E-state index contributed by atoms with van der Waals surface area (Å²) in [6.45, 7) is 2.11. The summed E-state index contributed by atoms with van der Waals surface area (Å²) in [6, 6.07) is 28.6. The van der Waals surface area contributed by atoms with Crippen molar-refractivity contribution in [2.24, 2.45) is 7.05 Å². The molecule has 0 saturated carbocycles. The van der Waals surface area contributed by atoms with Crippen molar-refractivity contribution in [2.75, 3.05) is 0 Å². The third-order valence-electron chi connectivity index (χ3n) is 5.31. The molecule has 0 aliphatic heterocycles. The molecule has 0 bridgehead atoms. The Balaban J connectivity index is 0.00000128. The number of fused-ring (bicyclic) bond motifs is 3. The van der Waals surface area contributed by atoms with E-state index in [1.165, 1.54) is 21.7 Å². The third kappa shape index (κ3) is 3.97. The van der Waals surface area contributed by atoms with Crippen LogP contribution in [0, 0.1) is 19.1 Å². The minimum Gasteiger partial charge on any atom is -0.260 e. The van der Waals surface area contributed by atoms with E-state index in [-0.39, 0.29) is 41.1 Å². The van der Waals surface area contributed by atoms with Gasteiger partial charge in [-0.3, -0.25) is 4.98 Å². The maximum atomic E-state index is 4.29. The molecule has 30 heavy (non-hydrogen) atoms. The molecule has 1 aromatic heterocycles. The van der Waals surface area contributed by atoms with E-state index in [0.717, 1.165) is 27.8 Å². The summed E-state index contributed by atoms with van der Waals surface area (Å²) in [5, 5.41) is 4.87. The van der Waals surface area contributed by atoms with E-state index in [4.69, 9.17) is 0 Å². The SMILES string of the molecule is Cc1ccc(-c2[c-]c3ccc4ccccc4c3cc2)[c-]c1-c1cncc[n+]1C.[B].[Y]. The fourth-order valence-electron chi connectivity index (χ4n) is 3.75. The molecule has 0 spiro atoms. The zero-order valence-corrected chi connectivity index (χ0v) is 19.9. The summed E-state index contributed by atoms with van der Waals surface area (Å²) in [5.41, 5.74) is 5.39. The van der Waals surface area contributed by atoms with Crippen LogP contribution >= 0.6 is 0 Å². The molecule has 5 aromatic rings. The van der Waals surface area contributed by atoms with Crippen molar-refractivity contribution in [1.82, 2.24) is 4.98 Å². The Labute approximate surface area is 204 Å². The van der Waals surface area contributed by atoms with Crippen molar-refractivity contribution in [3.05, 3.63) is 97.0 Å². The van der Waals surface area contributed by atoms with Crippen LogP contribution in [0.5, 0.6) is 0 Å². The Kier molecular flexibility index (Phi) is 6.85. The summed E-state index contributed by atoms with van der Waals surface area (Å²) in [5.74, 6) is 0. The first-order chi connectivity index (χ1) is 13.7. The number of nitrogens with zero attached hydrogens (tertiary/aromatic N) is 2. The van der Waals surface area contributed by atoms with Crippen LogP contribution < -0.4 is 4.57 Å². The molecule has 4 aromatic carbocycles. The van der Waals surface area contributed by atoms with Gasteiger partial charge in [-0.25, -0.2) is 4.57 Å². The molecule has 0 atom stereocenters. The van der Waals surface area contributed by atoms with Crippen molar-refractivity contribution >= 4 is 30.0 Å². The van der Waals surface area contributed by atoms with Gasteiger partial charge in [-0.1, -0.05) is 48.2 Å². The number of hydrogen-bond acceptors (Lipinski definition) is 1. The summed E-state index contributed by atoms with van der Waals surface area (Å²) < 4.78 is 2.08. The topological polar surface area (TPSA) is 16.8 Å².